The van der Waals surface area contributed by atoms with Crippen molar-refractivity contribution in [3.05, 3.63) is 88.9 Å². The number of rotatable bonds is 8. The summed E-state index contributed by atoms with van der Waals surface area (Å²) < 4.78 is 12.8. The lowest BCUT2D eigenvalue weighted by atomic mass is 9.84. The molecular weight excluding hydrogens is 442 g/mol. The lowest BCUT2D eigenvalue weighted by Gasteiger charge is -2.35. The molecule has 7 heteroatoms. The Balaban J connectivity index is 1.64. The highest BCUT2D eigenvalue weighted by Crippen LogP contribution is 2.33. The summed E-state index contributed by atoms with van der Waals surface area (Å²) in [6.45, 7) is 4.74. The first-order valence-corrected chi connectivity index (χ1v) is 12.1. The number of carbonyl (C=O) groups is 1. The molecule has 35 heavy (non-hydrogen) atoms. The van der Waals surface area contributed by atoms with Gasteiger partial charge < -0.3 is 14.1 Å². The number of carbonyl (C=O) groups excluding carboxylic acids is 1. The molecule has 0 spiro atoms. The van der Waals surface area contributed by atoms with Gasteiger partial charge in [0.1, 0.15) is 17.3 Å². The summed E-state index contributed by atoms with van der Waals surface area (Å²) in [7, 11) is 0. The quantitative estimate of drug-likeness (QED) is 0.350. The molecule has 2 aromatic carbocycles. The van der Waals surface area contributed by atoms with Gasteiger partial charge in [0.05, 0.1) is 42.0 Å². The molecule has 1 saturated carbocycles. The van der Waals surface area contributed by atoms with Gasteiger partial charge in [-0.05, 0) is 75.2 Å². The van der Waals surface area contributed by atoms with Crippen molar-refractivity contribution in [1.29, 1.82) is 0 Å². The van der Waals surface area contributed by atoms with Crippen LogP contribution in [0.3, 0.4) is 0 Å². The predicted octanol–water partition coefficient (Wildman–Crippen LogP) is 5.27. The molecular formula is C28H29N3O4. The van der Waals surface area contributed by atoms with Gasteiger partial charge >= 0.3 is 0 Å². The third-order valence-corrected chi connectivity index (χ3v) is 6.69. The SMILES string of the molecule is CCOc1ccc(-n2c(C(C)N(Cc3ccco3)C(=O)C3CCC3)nc3ccccc3c2=O)cc1. The highest BCUT2D eigenvalue weighted by atomic mass is 16.5. The zero-order valence-electron chi connectivity index (χ0n) is 20.0. The van der Waals surface area contributed by atoms with Crippen LogP contribution in [0.2, 0.25) is 0 Å². The molecule has 1 aliphatic carbocycles. The third kappa shape index (κ3) is 4.46. The van der Waals surface area contributed by atoms with Crippen LogP contribution in [0.15, 0.2) is 76.1 Å². The van der Waals surface area contributed by atoms with E-state index in [2.05, 4.69) is 0 Å². The van der Waals surface area contributed by atoms with Crippen molar-refractivity contribution in [2.24, 2.45) is 5.92 Å². The Morgan fingerprint density at radius 3 is 2.57 bits per heavy atom. The molecule has 180 valence electrons. The maximum atomic E-state index is 13.7. The summed E-state index contributed by atoms with van der Waals surface area (Å²) >= 11 is 0. The van der Waals surface area contributed by atoms with E-state index in [1.165, 1.54) is 0 Å². The lowest BCUT2D eigenvalue weighted by molar-refractivity contribution is -0.141. The van der Waals surface area contributed by atoms with Gasteiger partial charge in [-0.25, -0.2) is 4.98 Å². The summed E-state index contributed by atoms with van der Waals surface area (Å²) in [5, 5.41) is 0.528. The summed E-state index contributed by atoms with van der Waals surface area (Å²) in [6.07, 6.45) is 4.44. The number of amides is 1. The first kappa shape index (κ1) is 22.9. The van der Waals surface area contributed by atoms with Crippen molar-refractivity contribution in [1.82, 2.24) is 14.5 Å². The third-order valence-electron chi connectivity index (χ3n) is 6.69. The smallest absolute Gasteiger partial charge is 0.266 e. The second-order valence-corrected chi connectivity index (χ2v) is 8.90. The molecule has 0 aliphatic heterocycles. The predicted molar refractivity (Wildman–Crippen MR) is 134 cm³/mol. The molecule has 0 saturated heterocycles. The number of aromatic nitrogens is 2. The van der Waals surface area contributed by atoms with Crippen LogP contribution < -0.4 is 10.3 Å². The van der Waals surface area contributed by atoms with E-state index < -0.39 is 6.04 Å². The largest absolute Gasteiger partial charge is 0.494 e. The van der Waals surface area contributed by atoms with Gasteiger partial charge in [-0.1, -0.05) is 18.6 Å². The number of fused-ring (bicyclic) bond motifs is 1. The number of nitrogens with zero attached hydrogens (tertiary/aromatic N) is 3. The van der Waals surface area contributed by atoms with Crippen LogP contribution in [0, 0.1) is 5.92 Å². The average molecular weight is 472 g/mol. The summed E-state index contributed by atoms with van der Waals surface area (Å²) in [6, 6.07) is 17.9. The van der Waals surface area contributed by atoms with Crippen molar-refractivity contribution in [2.75, 3.05) is 6.61 Å². The zero-order valence-corrected chi connectivity index (χ0v) is 20.0. The molecule has 1 aliphatic rings. The Bertz CT molecular complexity index is 1370. The van der Waals surface area contributed by atoms with Crippen molar-refractivity contribution in [3.63, 3.8) is 0 Å². The molecule has 1 amide bonds. The van der Waals surface area contributed by atoms with Crippen molar-refractivity contribution in [3.8, 4) is 11.4 Å². The molecule has 0 N–H and O–H groups in total. The first-order chi connectivity index (χ1) is 17.1. The van der Waals surface area contributed by atoms with E-state index in [1.54, 1.807) is 21.8 Å². The normalized spacial score (nSPS) is 14.5. The molecule has 5 rings (SSSR count). The van der Waals surface area contributed by atoms with E-state index in [4.69, 9.17) is 14.1 Å². The van der Waals surface area contributed by atoms with Crippen molar-refractivity contribution >= 4 is 16.8 Å². The lowest BCUT2D eigenvalue weighted by Crippen LogP contribution is -2.42. The highest BCUT2D eigenvalue weighted by molar-refractivity contribution is 5.80. The molecule has 0 radical (unpaired) electrons. The second kappa shape index (κ2) is 9.78. The van der Waals surface area contributed by atoms with Crippen LogP contribution in [0.25, 0.3) is 16.6 Å². The van der Waals surface area contributed by atoms with Gasteiger partial charge in [0.15, 0.2) is 0 Å². The number of furan rings is 1. The Morgan fingerprint density at radius 1 is 1.14 bits per heavy atom. The second-order valence-electron chi connectivity index (χ2n) is 8.90. The monoisotopic (exact) mass is 471 g/mol. The summed E-state index contributed by atoms with van der Waals surface area (Å²) in [5.74, 6) is 2.00. The fourth-order valence-corrected chi connectivity index (χ4v) is 4.54. The van der Waals surface area contributed by atoms with Crippen molar-refractivity contribution < 1.29 is 13.9 Å². The molecule has 7 nitrogen and oxygen atoms in total. The minimum absolute atomic E-state index is 0.00137. The highest BCUT2D eigenvalue weighted by Gasteiger charge is 2.34. The van der Waals surface area contributed by atoms with Crippen molar-refractivity contribution in [2.45, 2.75) is 45.7 Å². The molecule has 1 atom stereocenters. The van der Waals surface area contributed by atoms with E-state index >= 15 is 0 Å². The standard InChI is InChI=1S/C28H29N3O4/c1-3-34-22-15-13-21(14-16-22)31-26(29-25-12-5-4-11-24(25)28(31)33)19(2)30(18-23-10-7-17-35-23)27(32)20-8-6-9-20/h4-5,7,10-17,19-20H,3,6,8-9,18H2,1-2H3. The molecule has 1 fully saturated rings. The molecule has 4 aromatic rings. The number of hydrogen-bond donors (Lipinski definition) is 0. The maximum Gasteiger partial charge on any atom is 0.266 e. The first-order valence-electron chi connectivity index (χ1n) is 12.1. The van der Waals surface area contributed by atoms with Crippen LogP contribution in [0.4, 0.5) is 0 Å². The minimum Gasteiger partial charge on any atom is -0.494 e. The van der Waals surface area contributed by atoms with E-state index in [1.807, 2.05) is 68.4 Å². The van der Waals surface area contributed by atoms with E-state index in [9.17, 15) is 9.59 Å². The molecule has 1 unspecified atom stereocenters. The molecule has 0 bridgehead atoms. The number of para-hydroxylation sites is 1. The van der Waals surface area contributed by atoms with E-state index in [0.29, 0.717) is 41.3 Å². The Morgan fingerprint density at radius 2 is 1.91 bits per heavy atom. The van der Waals surface area contributed by atoms with Gasteiger partial charge in [-0.2, -0.15) is 0 Å². The van der Waals surface area contributed by atoms with Crippen LogP contribution in [0.1, 0.15) is 50.7 Å². The van der Waals surface area contributed by atoms with E-state index in [0.717, 1.165) is 25.0 Å². The Labute approximate surface area is 204 Å². The van der Waals surface area contributed by atoms with Crippen LogP contribution >= 0.6 is 0 Å². The van der Waals surface area contributed by atoms with Gasteiger partial charge in [-0.15, -0.1) is 0 Å². The van der Waals surface area contributed by atoms with Crippen LogP contribution in [-0.4, -0.2) is 27.0 Å². The molecule has 2 aromatic heterocycles. The van der Waals surface area contributed by atoms with Gasteiger partial charge in [0, 0.05) is 5.92 Å². The Kier molecular flexibility index (Phi) is 6.40. The number of hydrogen-bond acceptors (Lipinski definition) is 5. The number of benzene rings is 2. The summed E-state index contributed by atoms with van der Waals surface area (Å²) in [4.78, 5) is 34.0. The fourth-order valence-electron chi connectivity index (χ4n) is 4.54. The van der Waals surface area contributed by atoms with Gasteiger partial charge in [0.25, 0.3) is 5.56 Å². The minimum atomic E-state index is -0.461. The summed E-state index contributed by atoms with van der Waals surface area (Å²) in [5.41, 5.74) is 1.11. The maximum absolute atomic E-state index is 13.7. The van der Waals surface area contributed by atoms with Gasteiger partial charge in [0.2, 0.25) is 5.91 Å². The number of ether oxygens (including phenoxy) is 1. The zero-order chi connectivity index (χ0) is 24.4. The average Bonchev–Trinajstić information content (AvgIpc) is 3.35. The van der Waals surface area contributed by atoms with E-state index in [-0.39, 0.29) is 17.4 Å². The molecule has 2 heterocycles. The van der Waals surface area contributed by atoms with Gasteiger partial charge in [-0.3, -0.25) is 14.2 Å². The van der Waals surface area contributed by atoms with Crippen LogP contribution in [-0.2, 0) is 11.3 Å². The topological polar surface area (TPSA) is 77.6 Å². The fraction of sp³-hybridized carbons (Fsp3) is 0.321. The Hall–Kier alpha value is -3.87. The van der Waals surface area contributed by atoms with Crippen LogP contribution in [0.5, 0.6) is 5.75 Å².